The molecule has 3 heterocycles. The minimum Gasteiger partial charge on any atom is -0.349 e. The Morgan fingerprint density at radius 3 is 2.65 bits per heavy atom. The molecular weight excluding hydrogens is 447 g/mol. The molecule has 0 spiro atoms. The van der Waals surface area contributed by atoms with E-state index in [9.17, 15) is 22.8 Å². The fourth-order valence-corrected chi connectivity index (χ4v) is 4.22. The van der Waals surface area contributed by atoms with E-state index in [1.165, 1.54) is 10.6 Å². The van der Waals surface area contributed by atoms with Gasteiger partial charge in [-0.05, 0) is 48.9 Å². The van der Waals surface area contributed by atoms with Crippen molar-refractivity contribution in [3.05, 3.63) is 74.7 Å². The summed E-state index contributed by atoms with van der Waals surface area (Å²) in [7, 11) is 0. The summed E-state index contributed by atoms with van der Waals surface area (Å²) in [6.07, 6.45) is 1.70. The van der Waals surface area contributed by atoms with E-state index in [-0.39, 0.29) is 17.8 Å². The highest BCUT2D eigenvalue weighted by atomic mass is 19.4. The molecule has 1 N–H and O–H groups in total. The second kappa shape index (κ2) is 8.34. The van der Waals surface area contributed by atoms with Crippen LogP contribution in [0.4, 0.5) is 13.2 Å². The number of aromatic amines is 1. The lowest BCUT2D eigenvalue weighted by molar-refractivity contribution is -0.137. The Kier molecular flexibility index (Phi) is 5.45. The van der Waals surface area contributed by atoms with Gasteiger partial charge in [0.1, 0.15) is 5.52 Å². The Hall–Kier alpha value is -3.56. The van der Waals surface area contributed by atoms with Crippen molar-refractivity contribution in [2.24, 2.45) is 5.92 Å². The van der Waals surface area contributed by atoms with Gasteiger partial charge in [-0.15, -0.1) is 0 Å². The van der Waals surface area contributed by atoms with Crippen LogP contribution >= 0.6 is 0 Å². The topological polar surface area (TPSA) is 77.6 Å². The van der Waals surface area contributed by atoms with Crippen molar-refractivity contribution in [1.29, 1.82) is 0 Å². The molecule has 0 bridgehead atoms. The fourth-order valence-electron chi connectivity index (χ4n) is 4.22. The van der Waals surface area contributed by atoms with Crippen LogP contribution in [0.3, 0.4) is 0 Å². The molecule has 1 fully saturated rings. The average Bonchev–Trinajstić information content (AvgIpc) is 3.31. The summed E-state index contributed by atoms with van der Waals surface area (Å²) in [5.41, 5.74) is 1.36. The summed E-state index contributed by atoms with van der Waals surface area (Å²) in [5, 5.41) is 4.28. The van der Waals surface area contributed by atoms with Gasteiger partial charge < -0.3 is 4.98 Å². The molecule has 7 nitrogen and oxygen atoms in total. The van der Waals surface area contributed by atoms with Crippen molar-refractivity contribution in [3.63, 3.8) is 0 Å². The number of benzene rings is 1. The van der Waals surface area contributed by atoms with Crippen molar-refractivity contribution in [2.45, 2.75) is 52.0 Å². The monoisotopic (exact) mass is 471 g/mol. The number of alkyl halides is 3. The molecule has 178 valence electrons. The number of hydrogen-bond acceptors (Lipinski definition) is 3. The first-order valence-electron chi connectivity index (χ1n) is 11.3. The standard InChI is InChI=1S/C24H24F3N5O2/c1-2-8-31-22(33)21-20(32(23(31)34)13-15-6-7-15)10-19(29-21)17-11-28-30(14-17)12-16-4-3-5-18(9-16)24(25,26)27/h3-5,9-11,14-15,29H,2,6-8,12-13H2,1H3. The van der Waals surface area contributed by atoms with Crippen molar-refractivity contribution >= 4 is 11.0 Å². The summed E-state index contributed by atoms with van der Waals surface area (Å²) >= 11 is 0. The Morgan fingerprint density at radius 2 is 1.94 bits per heavy atom. The van der Waals surface area contributed by atoms with Gasteiger partial charge in [0.2, 0.25) is 0 Å². The molecule has 34 heavy (non-hydrogen) atoms. The number of halogens is 3. The summed E-state index contributed by atoms with van der Waals surface area (Å²) < 4.78 is 43.5. The van der Waals surface area contributed by atoms with Crippen LogP contribution in [0.2, 0.25) is 0 Å². The molecule has 1 aromatic carbocycles. The summed E-state index contributed by atoms with van der Waals surface area (Å²) in [6, 6.07) is 6.92. The van der Waals surface area contributed by atoms with Crippen molar-refractivity contribution in [1.82, 2.24) is 23.9 Å². The molecule has 0 unspecified atom stereocenters. The molecule has 4 aromatic rings. The third-order valence-electron chi connectivity index (χ3n) is 6.14. The van der Waals surface area contributed by atoms with Crippen LogP contribution in [0.5, 0.6) is 0 Å². The van der Waals surface area contributed by atoms with E-state index in [4.69, 9.17) is 0 Å². The number of hydrogen-bond donors (Lipinski definition) is 1. The molecular formula is C24H24F3N5O2. The number of aromatic nitrogens is 5. The molecule has 1 aliphatic rings. The van der Waals surface area contributed by atoms with Crippen LogP contribution in [0.25, 0.3) is 22.3 Å². The minimum absolute atomic E-state index is 0.167. The zero-order valence-corrected chi connectivity index (χ0v) is 18.6. The van der Waals surface area contributed by atoms with Crippen LogP contribution in [0.1, 0.15) is 37.3 Å². The molecule has 0 aliphatic heterocycles. The first-order valence-corrected chi connectivity index (χ1v) is 11.3. The lowest BCUT2D eigenvalue weighted by atomic mass is 10.1. The second-order valence-electron chi connectivity index (χ2n) is 8.86. The third-order valence-corrected chi connectivity index (χ3v) is 6.14. The lowest BCUT2D eigenvalue weighted by Crippen LogP contribution is -2.40. The molecule has 1 saturated carbocycles. The van der Waals surface area contributed by atoms with Crippen LogP contribution in [0, 0.1) is 5.92 Å². The van der Waals surface area contributed by atoms with E-state index >= 15 is 0 Å². The van der Waals surface area contributed by atoms with Crippen molar-refractivity contribution in [3.8, 4) is 11.3 Å². The van der Waals surface area contributed by atoms with Gasteiger partial charge in [0.25, 0.3) is 5.56 Å². The Morgan fingerprint density at radius 1 is 1.15 bits per heavy atom. The molecule has 10 heteroatoms. The van der Waals surface area contributed by atoms with Crippen molar-refractivity contribution < 1.29 is 13.2 Å². The lowest BCUT2D eigenvalue weighted by Gasteiger charge is -2.10. The number of fused-ring (bicyclic) bond motifs is 1. The zero-order chi connectivity index (χ0) is 24.0. The molecule has 0 atom stereocenters. The smallest absolute Gasteiger partial charge is 0.349 e. The molecule has 1 aliphatic carbocycles. The Balaban J connectivity index is 1.50. The third kappa shape index (κ3) is 4.20. The van der Waals surface area contributed by atoms with Gasteiger partial charge in [0, 0.05) is 24.8 Å². The van der Waals surface area contributed by atoms with E-state index < -0.39 is 11.7 Å². The fraction of sp³-hybridized carbons (Fsp3) is 0.375. The van der Waals surface area contributed by atoms with Gasteiger partial charge >= 0.3 is 11.9 Å². The van der Waals surface area contributed by atoms with Crippen molar-refractivity contribution in [2.75, 3.05) is 0 Å². The average molecular weight is 471 g/mol. The zero-order valence-electron chi connectivity index (χ0n) is 18.6. The maximum Gasteiger partial charge on any atom is 0.416 e. The Labute approximate surface area is 192 Å². The molecule has 5 rings (SSSR count). The quantitative estimate of drug-likeness (QED) is 0.438. The second-order valence-corrected chi connectivity index (χ2v) is 8.86. The van der Waals surface area contributed by atoms with E-state index in [1.807, 2.05) is 6.92 Å². The molecule has 3 aromatic heterocycles. The van der Waals surface area contributed by atoms with Crippen LogP contribution in [-0.2, 0) is 25.8 Å². The molecule has 0 radical (unpaired) electrons. The largest absolute Gasteiger partial charge is 0.416 e. The highest BCUT2D eigenvalue weighted by Gasteiger charge is 2.30. The van der Waals surface area contributed by atoms with Gasteiger partial charge in [-0.25, -0.2) is 4.79 Å². The van der Waals surface area contributed by atoms with E-state index in [2.05, 4.69) is 10.1 Å². The van der Waals surface area contributed by atoms with Gasteiger partial charge in [0.15, 0.2) is 0 Å². The predicted octanol–water partition coefficient (Wildman–Crippen LogP) is 4.24. The van der Waals surface area contributed by atoms with Crippen LogP contribution < -0.4 is 11.2 Å². The highest BCUT2D eigenvalue weighted by Crippen LogP contribution is 2.32. The van der Waals surface area contributed by atoms with Gasteiger partial charge in [-0.2, -0.15) is 18.3 Å². The summed E-state index contributed by atoms with van der Waals surface area (Å²) in [4.78, 5) is 29.2. The first-order chi connectivity index (χ1) is 16.2. The highest BCUT2D eigenvalue weighted by molar-refractivity contribution is 5.82. The van der Waals surface area contributed by atoms with Gasteiger partial charge in [0.05, 0.1) is 29.5 Å². The number of H-pyrrole nitrogens is 1. The van der Waals surface area contributed by atoms with Gasteiger partial charge in [-0.1, -0.05) is 19.1 Å². The summed E-state index contributed by atoms with van der Waals surface area (Å²) in [6.45, 7) is 3.01. The maximum atomic E-state index is 13.0. The summed E-state index contributed by atoms with van der Waals surface area (Å²) in [5.74, 6) is 0.446. The number of nitrogens with zero attached hydrogens (tertiary/aromatic N) is 4. The SMILES string of the molecule is CCCn1c(=O)c2[nH]c(-c3cnn(Cc4cccc(C(F)(F)F)c4)c3)cc2n(CC2CC2)c1=O. The predicted molar refractivity (Wildman–Crippen MR) is 122 cm³/mol. The van der Waals surface area contributed by atoms with Gasteiger partial charge in [-0.3, -0.25) is 18.6 Å². The number of rotatable bonds is 7. The van der Waals surface area contributed by atoms with Crippen LogP contribution in [0.15, 0.2) is 52.3 Å². The van der Waals surface area contributed by atoms with E-state index in [0.717, 1.165) is 25.0 Å². The first kappa shape index (κ1) is 22.2. The maximum absolute atomic E-state index is 13.0. The Bertz CT molecular complexity index is 1470. The van der Waals surface area contributed by atoms with E-state index in [0.29, 0.717) is 53.3 Å². The molecule has 0 saturated heterocycles. The normalized spacial score (nSPS) is 14.2. The van der Waals surface area contributed by atoms with E-state index in [1.54, 1.807) is 33.8 Å². The molecule has 0 amide bonds. The minimum atomic E-state index is -4.41. The van der Waals surface area contributed by atoms with Crippen LogP contribution in [-0.4, -0.2) is 23.9 Å². The number of nitrogens with one attached hydrogen (secondary N) is 1.